The molecule has 3 atom stereocenters. The second-order valence-corrected chi connectivity index (χ2v) is 10.3. The van der Waals surface area contributed by atoms with E-state index in [-0.39, 0.29) is 29.8 Å². The third kappa shape index (κ3) is 3.96. The number of nitrogens with one attached hydrogen (secondary N) is 1. The number of hydrogen-bond acceptors (Lipinski definition) is 3. The van der Waals surface area contributed by atoms with Crippen LogP contribution in [0.2, 0.25) is 0 Å². The van der Waals surface area contributed by atoms with E-state index in [1.54, 1.807) is 0 Å². The molecule has 1 aliphatic carbocycles. The molecule has 1 N–H and O–H groups in total. The predicted molar refractivity (Wildman–Crippen MR) is 115 cm³/mol. The molecule has 30 heavy (non-hydrogen) atoms. The van der Waals surface area contributed by atoms with E-state index < -0.39 is 11.6 Å². The topological polar surface area (TPSA) is 69.7 Å². The van der Waals surface area contributed by atoms with Crippen LogP contribution in [0.15, 0.2) is 30.3 Å². The van der Waals surface area contributed by atoms with Crippen molar-refractivity contribution in [2.75, 3.05) is 13.1 Å². The first kappa shape index (κ1) is 20.9. The SMILES string of the molecule is CC1CC(C)(C)CC2(C1)NC(=O)N(CC(=O)N1CCCC1Cc1ccccc1)C2=O. The molecule has 0 aromatic heterocycles. The summed E-state index contributed by atoms with van der Waals surface area (Å²) in [6.07, 6.45) is 5.02. The monoisotopic (exact) mass is 411 g/mol. The number of imide groups is 1. The lowest BCUT2D eigenvalue weighted by atomic mass is 9.64. The molecule has 6 nitrogen and oxygen atoms in total. The van der Waals surface area contributed by atoms with E-state index in [1.807, 2.05) is 23.1 Å². The molecule has 1 spiro atoms. The second-order valence-electron chi connectivity index (χ2n) is 10.3. The van der Waals surface area contributed by atoms with Crippen molar-refractivity contribution in [1.82, 2.24) is 15.1 Å². The Bertz CT molecular complexity index is 837. The van der Waals surface area contributed by atoms with E-state index in [4.69, 9.17) is 0 Å². The highest BCUT2D eigenvalue weighted by molar-refractivity contribution is 6.09. The highest BCUT2D eigenvalue weighted by Crippen LogP contribution is 2.46. The number of rotatable bonds is 4. The van der Waals surface area contributed by atoms with Crippen molar-refractivity contribution in [2.24, 2.45) is 11.3 Å². The molecule has 162 valence electrons. The quantitative estimate of drug-likeness (QED) is 0.773. The van der Waals surface area contributed by atoms with Gasteiger partial charge in [-0.25, -0.2) is 4.79 Å². The minimum absolute atomic E-state index is 0.0175. The maximum atomic E-state index is 13.3. The minimum atomic E-state index is -0.854. The number of carbonyl (C=O) groups is 3. The van der Waals surface area contributed by atoms with Gasteiger partial charge in [0, 0.05) is 12.6 Å². The number of likely N-dealkylation sites (tertiary alicyclic amines) is 1. The first-order valence-electron chi connectivity index (χ1n) is 11.2. The van der Waals surface area contributed by atoms with Gasteiger partial charge in [-0.05, 0) is 55.4 Å². The average Bonchev–Trinajstić information content (AvgIpc) is 3.19. The third-order valence-corrected chi connectivity index (χ3v) is 6.93. The van der Waals surface area contributed by atoms with E-state index >= 15 is 0 Å². The van der Waals surface area contributed by atoms with Gasteiger partial charge in [-0.1, -0.05) is 51.1 Å². The van der Waals surface area contributed by atoms with Crippen molar-refractivity contribution in [1.29, 1.82) is 0 Å². The third-order valence-electron chi connectivity index (χ3n) is 6.93. The molecule has 2 saturated heterocycles. The standard InChI is InChI=1S/C24H33N3O3/c1-17-13-23(2,3)16-24(14-17)21(29)27(22(30)25-24)15-20(28)26-11-7-10-19(26)12-18-8-5-4-6-9-18/h4-6,8-9,17,19H,7,10-16H2,1-3H3,(H,25,30). The molecule has 4 rings (SSSR count). The van der Waals surface area contributed by atoms with Crippen LogP contribution in [-0.2, 0) is 16.0 Å². The Morgan fingerprint density at radius 3 is 2.60 bits per heavy atom. The van der Waals surface area contributed by atoms with Gasteiger partial charge in [-0.2, -0.15) is 0 Å². The Morgan fingerprint density at radius 2 is 1.90 bits per heavy atom. The molecule has 3 fully saturated rings. The summed E-state index contributed by atoms with van der Waals surface area (Å²) >= 11 is 0. The molecule has 0 radical (unpaired) electrons. The summed E-state index contributed by atoms with van der Waals surface area (Å²) in [5.41, 5.74) is 0.332. The van der Waals surface area contributed by atoms with Gasteiger partial charge in [-0.15, -0.1) is 0 Å². The molecule has 3 aliphatic rings. The summed E-state index contributed by atoms with van der Waals surface area (Å²) in [6.45, 7) is 6.96. The van der Waals surface area contributed by atoms with Gasteiger partial charge in [0.15, 0.2) is 0 Å². The highest BCUT2D eigenvalue weighted by Gasteiger charge is 2.56. The van der Waals surface area contributed by atoms with Crippen LogP contribution in [0.3, 0.4) is 0 Å². The summed E-state index contributed by atoms with van der Waals surface area (Å²) in [6, 6.07) is 9.87. The van der Waals surface area contributed by atoms with E-state index in [0.29, 0.717) is 25.3 Å². The molecule has 6 heteroatoms. The van der Waals surface area contributed by atoms with E-state index in [2.05, 4.69) is 38.2 Å². The first-order valence-corrected chi connectivity index (χ1v) is 11.2. The van der Waals surface area contributed by atoms with Gasteiger partial charge in [0.1, 0.15) is 12.1 Å². The fourth-order valence-electron chi connectivity index (χ4n) is 6.14. The van der Waals surface area contributed by atoms with Gasteiger partial charge in [0.2, 0.25) is 5.91 Å². The van der Waals surface area contributed by atoms with Crippen molar-refractivity contribution in [3.63, 3.8) is 0 Å². The Balaban J connectivity index is 1.45. The summed E-state index contributed by atoms with van der Waals surface area (Å²) in [7, 11) is 0. The smallest absolute Gasteiger partial charge is 0.325 e. The summed E-state index contributed by atoms with van der Waals surface area (Å²) in [5.74, 6) is -0.00105. The molecule has 1 saturated carbocycles. The van der Waals surface area contributed by atoms with Crippen molar-refractivity contribution >= 4 is 17.8 Å². The van der Waals surface area contributed by atoms with Gasteiger partial charge < -0.3 is 10.2 Å². The first-order chi connectivity index (χ1) is 14.2. The van der Waals surface area contributed by atoms with Crippen LogP contribution in [0.5, 0.6) is 0 Å². The van der Waals surface area contributed by atoms with Crippen LogP contribution in [0.4, 0.5) is 4.79 Å². The number of amides is 4. The zero-order valence-corrected chi connectivity index (χ0v) is 18.3. The van der Waals surface area contributed by atoms with Gasteiger partial charge >= 0.3 is 6.03 Å². The Morgan fingerprint density at radius 1 is 1.17 bits per heavy atom. The summed E-state index contributed by atoms with van der Waals surface area (Å²) in [5, 5.41) is 2.97. The lowest BCUT2D eigenvalue weighted by molar-refractivity contribution is -0.141. The molecule has 2 heterocycles. The zero-order valence-electron chi connectivity index (χ0n) is 18.3. The van der Waals surface area contributed by atoms with Crippen molar-refractivity contribution in [3.8, 4) is 0 Å². The number of benzene rings is 1. The Kier molecular flexibility index (Phi) is 5.37. The molecular formula is C24H33N3O3. The van der Waals surface area contributed by atoms with Crippen LogP contribution in [0.1, 0.15) is 58.4 Å². The Labute approximate surface area is 179 Å². The van der Waals surface area contributed by atoms with Gasteiger partial charge in [0.05, 0.1) is 0 Å². The molecule has 2 aliphatic heterocycles. The molecular weight excluding hydrogens is 378 g/mol. The van der Waals surface area contributed by atoms with Crippen LogP contribution in [0, 0.1) is 11.3 Å². The van der Waals surface area contributed by atoms with Gasteiger partial charge in [0.25, 0.3) is 5.91 Å². The molecule has 4 amide bonds. The average molecular weight is 412 g/mol. The predicted octanol–water partition coefficient (Wildman–Crippen LogP) is 3.36. The van der Waals surface area contributed by atoms with Crippen LogP contribution >= 0.6 is 0 Å². The van der Waals surface area contributed by atoms with Crippen molar-refractivity contribution in [2.45, 2.75) is 70.9 Å². The zero-order chi connectivity index (χ0) is 21.5. The van der Waals surface area contributed by atoms with E-state index in [9.17, 15) is 14.4 Å². The fourth-order valence-corrected chi connectivity index (χ4v) is 6.14. The number of urea groups is 1. The maximum Gasteiger partial charge on any atom is 0.325 e. The lowest BCUT2D eigenvalue weighted by Crippen LogP contribution is -2.54. The van der Waals surface area contributed by atoms with Gasteiger partial charge in [-0.3, -0.25) is 14.5 Å². The van der Waals surface area contributed by atoms with Crippen LogP contribution < -0.4 is 5.32 Å². The fraction of sp³-hybridized carbons (Fsp3) is 0.625. The van der Waals surface area contributed by atoms with Crippen LogP contribution in [-0.4, -0.2) is 52.3 Å². The number of nitrogens with zero attached hydrogens (tertiary/aromatic N) is 2. The largest absolute Gasteiger partial charge is 0.338 e. The molecule has 0 bridgehead atoms. The normalized spacial score (nSPS) is 30.8. The summed E-state index contributed by atoms with van der Waals surface area (Å²) in [4.78, 5) is 42.2. The summed E-state index contributed by atoms with van der Waals surface area (Å²) < 4.78 is 0. The highest BCUT2D eigenvalue weighted by atomic mass is 16.2. The molecule has 3 unspecified atom stereocenters. The maximum absolute atomic E-state index is 13.3. The number of carbonyl (C=O) groups excluding carboxylic acids is 3. The van der Waals surface area contributed by atoms with Crippen LogP contribution in [0.25, 0.3) is 0 Å². The Hall–Kier alpha value is -2.37. The lowest BCUT2D eigenvalue weighted by Gasteiger charge is -2.43. The second kappa shape index (κ2) is 7.71. The van der Waals surface area contributed by atoms with Crippen molar-refractivity contribution < 1.29 is 14.4 Å². The van der Waals surface area contributed by atoms with E-state index in [0.717, 1.165) is 30.6 Å². The van der Waals surface area contributed by atoms with E-state index in [1.165, 1.54) is 5.56 Å². The molecule has 1 aromatic rings. The molecule has 1 aromatic carbocycles. The number of hydrogen-bond donors (Lipinski definition) is 1. The van der Waals surface area contributed by atoms with Crippen molar-refractivity contribution in [3.05, 3.63) is 35.9 Å². The minimum Gasteiger partial charge on any atom is -0.338 e.